The van der Waals surface area contributed by atoms with Crippen molar-refractivity contribution in [3.63, 3.8) is 0 Å². The molecule has 1 aromatic carbocycles. The van der Waals surface area contributed by atoms with Crippen molar-refractivity contribution in [1.29, 1.82) is 0 Å². The monoisotopic (exact) mass is 264 g/mol. The average Bonchev–Trinajstić information content (AvgIpc) is 2.39. The third-order valence-electron chi connectivity index (χ3n) is 4.45. The molecule has 2 nitrogen and oxygen atoms in total. The Balaban J connectivity index is 2.12. The summed E-state index contributed by atoms with van der Waals surface area (Å²) in [6.07, 6.45) is 4.85. The minimum atomic E-state index is -0.152. The number of anilines is 1. The van der Waals surface area contributed by atoms with E-state index in [9.17, 15) is 4.39 Å². The Kier molecular flexibility index (Phi) is 4.46. The molecule has 0 amide bonds. The van der Waals surface area contributed by atoms with Crippen molar-refractivity contribution in [2.45, 2.75) is 32.6 Å². The van der Waals surface area contributed by atoms with Gasteiger partial charge in [0.2, 0.25) is 0 Å². The predicted octanol–water partition coefficient (Wildman–Crippen LogP) is 3.42. The average molecular weight is 264 g/mol. The molecule has 0 saturated heterocycles. The minimum Gasteiger partial charge on any atom is -0.372 e. The Labute approximate surface area is 115 Å². The van der Waals surface area contributed by atoms with Gasteiger partial charge >= 0.3 is 0 Å². The number of rotatable bonds is 4. The Hall–Kier alpha value is -1.09. The molecule has 2 atom stereocenters. The van der Waals surface area contributed by atoms with E-state index in [1.807, 2.05) is 24.1 Å². The molecule has 2 N–H and O–H groups in total. The van der Waals surface area contributed by atoms with Crippen molar-refractivity contribution >= 4 is 5.69 Å². The van der Waals surface area contributed by atoms with Crippen molar-refractivity contribution < 1.29 is 4.39 Å². The smallest absolute Gasteiger partial charge is 0.146 e. The number of hydrogen-bond acceptors (Lipinski definition) is 2. The Bertz CT molecular complexity index is 421. The molecular formula is C16H25FN2. The molecule has 19 heavy (non-hydrogen) atoms. The van der Waals surface area contributed by atoms with Crippen LogP contribution < -0.4 is 10.6 Å². The fraction of sp³-hybridized carbons (Fsp3) is 0.625. The van der Waals surface area contributed by atoms with E-state index >= 15 is 0 Å². The molecule has 0 radical (unpaired) electrons. The minimum absolute atomic E-state index is 0.148. The summed E-state index contributed by atoms with van der Waals surface area (Å²) in [6.45, 7) is 3.83. The lowest BCUT2D eigenvalue weighted by Gasteiger charge is -2.42. The molecule has 0 heterocycles. The Morgan fingerprint density at radius 3 is 2.79 bits per heavy atom. The van der Waals surface area contributed by atoms with Gasteiger partial charge in [0, 0.05) is 19.0 Å². The largest absolute Gasteiger partial charge is 0.372 e. The van der Waals surface area contributed by atoms with Crippen LogP contribution in [0.25, 0.3) is 0 Å². The lowest BCUT2D eigenvalue weighted by molar-refractivity contribution is 0.161. The zero-order chi connectivity index (χ0) is 13.9. The topological polar surface area (TPSA) is 29.3 Å². The van der Waals surface area contributed by atoms with Gasteiger partial charge in [-0.05, 0) is 37.4 Å². The fourth-order valence-electron chi connectivity index (χ4n) is 3.51. The zero-order valence-corrected chi connectivity index (χ0v) is 12.0. The van der Waals surface area contributed by atoms with Crippen LogP contribution in [0.3, 0.4) is 0 Å². The molecule has 0 bridgehead atoms. The zero-order valence-electron chi connectivity index (χ0n) is 12.0. The first kappa shape index (κ1) is 14.3. The second-order valence-electron chi connectivity index (χ2n) is 6.21. The summed E-state index contributed by atoms with van der Waals surface area (Å²) in [5.41, 5.74) is 6.87. The number of nitrogens with two attached hydrogens (primary N) is 1. The molecule has 2 rings (SSSR count). The van der Waals surface area contributed by atoms with E-state index < -0.39 is 0 Å². The van der Waals surface area contributed by atoms with Crippen molar-refractivity contribution in [2.75, 3.05) is 25.0 Å². The molecule has 0 spiro atoms. The molecule has 0 aromatic heterocycles. The number of hydrogen-bond donors (Lipinski definition) is 1. The summed E-state index contributed by atoms with van der Waals surface area (Å²) in [5, 5.41) is 0. The maximum atomic E-state index is 13.8. The maximum absolute atomic E-state index is 13.8. The highest BCUT2D eigenvalue weighted by Gasteiger charge is 2.35. The van der Waals surface area contributed by atoms with Crippen LogP contribution in [0.2, 0.25) is 0 Å². The van der Waals surface area contributed by atoms with E-state index in [0.29, 0.717) is 12.2 Å². The first-order valence-electron chi connectivity index (χ1n) is 7.22. The molecule has 3 heteroatoms. The van der Waals surface area contributed by atoms with Crippen LogP contribution in [0.15, 0.2) is 24.3 Å². The fourth-order valence-corrected chi connectivity index (χ4v) is 3.51. The summed E-state index contributed by atoms with van der Waals surface area (Å²) >= 11 is 0. The van der Waals surface area contributed by atoms with Crippen LogP contribution in [-0.2, 0) is 0 Å². The van der Waals surface area contributed by atoms with Gasteiger partial charge in [0.1, 0.15) is 5.82 Å². The standard InChI is InChI=1S/C16H25FN2/c1-13-6-5-9-16(10-13,11-18)12-19(2)15-8-4-3-7-14(15)17/h3-4,7-8,13H,5-6,9-12,18H2,1-2H3. The van der Waals surface area contributed by atoms with Gasteiger partial charge in [0.15, 0.2) is 0 Å². The van der Waals surface area contributed by atoms with E-state index in [1.165, 1.54) is 18.9 Å². The first-order chi connectivity index (χ1) is 9.06. The third kappa shape index (κ3) is 3.27. The summed E-state index contributed by atoms with van der Waals surface area (Å²) in [7, 11) is 1.97. The summed E-state index contributed by atoms with van der Waals surface area (Å²) in [5.74, 6) is 0.576. The van der Waals surface area contributed by atoms with Crippen LogP contribution in [0.5, 0.6) is 0 Å². The normalized spacial score (nSPS) is 27.3. The highest BCUT2D eigenvalue weighted by atomic mass is 19.1. The lowest BCUT2D eigenvalue weighted by Crippen LogP contribution is -2.44. The van der Waals surface area contributed by atoms with Gasteiger partial charge in [0.25, 0.3) is 0 Å². The van der Waals surface area contributed by atoms with Crippen LogP contribution in [0.1, 0.15) is 32.6 Å². The number of para-hydroxylation sites is 1. The van der Waals surface area contributed by atoms with E-state index in [-0.39, 0.29) is 11.2 Å². The van der Waals surface area contributed by atoms with Crippen molar-refractivity contribution in [1.82, 2.24) is 0 Å². The van der Waals surface area contributed by atoms with E-state index in [1.54, 1.807) is 6.07 Å². The highest BCUT2D eigenvalue weighted by Crippen LogP contribution is 2.39. The van der Waals surface area contributed by atoms with Gasteiger partial charge in [0.05, 0.1) is 5.69 Å². The second-order valence-corrected chi connectivity index (χ2v) is 6.21. The van der Waals surface area contributed by atoms with Crippen LogP contribution in [0.4, 0.5) is 10.1 Å². The van der Waals surface area contributed by atoms with Gasteiger partial charge in [-0.3, -0.25) is 0 Å². The lowest BCUT2D eigenvalue weighted by atomic mass is 9.70. The van der Waals surface area contributed by atoms with Gasteiger partial charge < -0.3 is 10.6 Å². The number of nitrogens with zero attached hydrogens (tertiary/aromatic N) is 1. The molecule has 2 unspecified atom stereocenters. The summed E-state index contributed by atoms with van der Waals surface area (Å²) in [6, 6.07) is 6.97. The first-order valence-corrected chi connectivity index (χ1v) is 7.22. The van der Waals surface area contributed by atoms with Crippen LogP contribution in [0, 0.1) is 17.2 Å². The second kappa shape index (κ2) is 5.91. The van der Waals surface area contributed by atoms with E-state index in [4.69, 9.17) is 5.73 Å². The Morgan fingerprint density at radius 1 is 1.42 bits per heavy atom. The van der Waals surface area contributed by atoms with Gasteiger partial charge in [-0.25, -0.2) is 4.39 Å². The van der Waals surface area contributed by atoms with Crippen LogP contribution in [-0.4, -0.2) is 20.1 Å². The van der Waals surface area contributed by atoms with E-state index in [0.717, 1.165) is 25.3 Å². The van der Waals surface area contributed by atoms with Gasteiger partial charge in [-0.2, -0.15) is 0 Å². The quantitative estimate of drug-likeness (QED) is 0.903. The maximum Gasteiger partial charge on any atom is 0.146 e. The van der Waals surface area contributed by atoms with Crippen molar-refractivity contribution in [3.05, 3.63) is 30.1 Å². The highest BCUT2D eigenvalue weighted by molar-refractivity contribution is 5.47. The number of halogens is 1. The Morgan fingerprint density at radius 2 is 2.16 bits per heavy atom. The molecule has 106 valence electrons. The van der Waals surface area contributed by atoms with Crippen molar-refractivity contribution in [2.24, 2.45) is 17.1 Å². The third-order valence-corrected chi connectivity index (χ3v) is 4.45. The SMILES string of the molecule is CC1CCCC(CN)(CN(C)c2ccccc2F)C1. The molecular weight excluding hydrogens is 239 g/mol. The van der Waals surface area contributed by atoms with Gasteiger partial charge in [-0.1, -0.05) is 31.9 Å². The van der Waals surface area contributed by atoms with Crippen LogP contribution >= 0.6 is 0 Å². The molecule has 1 aliphatic rings. The molecule has 1 aliphatic carbocycles. The summed E-state index contributed by atoms with van der Waals surface area (Å²) < 4.78 is 13.8. The molecule has 1 aromatic rings. The molecule has 0 aliphatic heterocycles. The predicted molar refractivity (Wildman–Crippen MR) is 78.8 cm³/mol. The van der Waals surface area contributed by atoms with Gasteiger partial charge in [-0.15, -0.1) is 0 Å². The molecule has 1 fully saturated rings. The molecule has 1 saturated carbocycles. The van der Waals surface area contributed by atoms with Crippen molar-refractivity contribution in [3.8, 4) is 0 Å². The summed E-state index contributed by atoms with van der Waals surface area (Å²) in [4.78, 5) is 2.03. The van der Waals surface area contributed by atoms with E-state index in [2.05, 4.69) is 6.92 Å². The number of benzene rings is 1.